The van der Waals surface area contributed by atoms with Crippen LogP contribution >= 0.6 is 0 Å². The number of hydrogen-bond donors (Lipinski definition) is 2. The number of aromatic nitrogens is 5. The van der Waals surface area contributed by atoms with Crippen LogP contribution in [-0.4, -0.2) is 53.9 Å². The molecule has 10 heteroatoms. The highest BCUT2D eigenvalue weighted by molar-refractivity contribution is 5.86. The molecule has 0 bridgehead atoms. The van der Waals surface area contributed by atoms with Gasteiger partial charge in [-0.1, -0.05) is 11.6 Å². The van der Waals surface area contributed by atoms with Crippen molar-refractivity contribution in [2.75, 3.05) is 12.3 Å². The number of carbonyl (C=O) groups is 1. The molecule has 0 aliphatic carbocycles. The van der Waals surface area contributed by atoms with Crippen molar-refractivity contribution in [2.24, 2.45) is 0 Å². The van der Waals surface area contributed by atoms with Crippen molar-refractivity contribution in [3.05, 3.63) is 11.4 Å². The second-order valence-electron chi connectivity index (χ2n) is 5.39. The number of carboxylic acids is 1. The van der Waals surface area contributed by atoms with Crippen LogP contribution in [0, 0.1) is 0 Å². The molecule has 0 saturated carbocycles. The van der Waals surface area contributed by atoms with E-state index in [1.54, 1.807) is 0 Å². The standard InChI is InChI=1S/C12H17N7O3/c1-7-4-2-3-5-18(7)6-8-9(12(20)21)14-17-19(8)11-10(13)15-22-16-11/h7H,2-6H2,1H3,(H2,13,15)(H,20,21). The predicted molar refractivity (Wildman–Crippen MR) is 74.3 cm³/mol. The second kappa shape index (κ2) is 5.72. The van der Waals surface area contributed by atoms with E-state index < -0.39 is 5.97 Å². The lowest BCUT2D eigenvalue weighted by atomic mass is 10.0. The van der Waals surface area contributed by atoms with Crippen molar-refractivity contribution < 1.29 is 14.5 Å². The molecule has 1 aliphatic rings. The fourth-order valence-corrected chi connectivity index (χ4v) is 2.70. The highest BCUT2D eigenvalue weighted by atomic mass is 16.6. The van der Waals surface area contributed by atoms with Crippen molar-refractivity contribution in [3.63, 3.8) is 0 Å². The Labute approximate surface area is 125 Å². The molecule has 2 aromatic rings. The van der Waals surface area contributed by atoms with Gasteiger partial charge in [-0.25, -0.2) is 9.42 Å². The summed E-state index contributed by atoms with van der Waals surface area (Å²) in [4.78, 5) is 13.6. The number of nitrogen functional groups attached to an aromatic ring is 1. The Morgan fingerprint density at radius 3 is 2.91 bits per heavy atom. The summed E-state index contributed by atoms with van der Waals surface area (Å²) in [5.41, 5.74) is 5.98. The van der Waals surface area contributed by atoms with Crippen LogP contribution in [0.15, 0.2) is 4.63 Å². The molecule has 1 unspecified atom stereocenters. The van der Waals surface area contributed by atoms with Crippen molar-refractivity contribution >= 4 is 11.8 Å². The molecule has 0 aromatic carbocycles. The summed E-state index contributed by atoms with van der Waals surface area (Å²) in [6.45, 7) is 3.43. The number of rotatable bonds is 4. The number of likely N-dealkylation sites (tertiary alicyclic amines) is 1. The Hall–Kier alpha value is -2.49. The van der Waals surface area contributed by atoms with E-state index in [1.165, 1.54) is 11.1 Å². The van der Waals surface area contributed by atoms with E-state index in [1.807, 2.05) is 0 Å². The van der Waals surface area contributed by atoms with Gasteiger partial charge in [-0.2, -0.15) is 4.68 Å². The highest BCUT2D eigenvalue weighted by Gasteiger charge is 2.27. The Kier molecular flexibility index (Phi) is 3.75. The number of piperidine rings is 1. The Bertz CT molecular complexity index is 680. The van der Waals surface area contributed by atoms with Crippen LogP contribution in [0.5, 0.6) is 0 Å². The van der Waals surface area contributed by atoms with Crippen LogP contribution in [0.2, 0.25) is 0 Å². The van der Waals surface area contributed by atoms with Crippen LogP contribution in [0.25, 0.3) is 5.82 Å². The summed E-state index contributed by atoms with van der Waals surface area (Å²) in [6, 6.07) is 0.367. The summed E-state index contributed by atoms with van der Waals surface area (Å²) in [6.07, 6.45) is 3.35. The van der Waals surface area contributed by atoms with E-state index in [2.05, 4.69) is 37.1 Å². The number of carboxylic acid groups (broad SMARTS) is 1. The summed E-state index contributed by atoms with van der Waals surface area (Å²) >= 11 is 0. The van der Waals surface area contributed by atoms with Gasteiger partial charge in [-0.3, -0.25) is 4.90 Å². The third-order valence-electron chi connectivity index (χ3n) is 3.96. The monoisotopic (exact) mass is 307 g/mol. The van der Waals surface area contributed by atoms with E-state index in [-0.39, 0.29) is 17.3 Å². The van der Waals surface area contributed by atoms with Gasteiger partial charge in [0.25, 0.3) is 0 Å². The van der Waals surface area contributed by atoms with Gasteiger partial charge in [0.05, 0.1) is 5.69 Å². The van der Waals surface area contributed by atoms with E-state index >= 15 is 0 Å². The largest absolute Gasteiger partial charge is 0.476 e. The number of nitrogens with two attached hydrogens (primary N) is 1. The van der Waals surface area contributed by atoms with E-state index in [0.717, 1.165) is 19.4 Å². The molecule has 0 amide bonds. The molecule has 2 aromatic heterocycles. The van der Waals surface area contributed by atoms with Crippen LogP contribution in [0.4, 0.5) is 5.82 Å². The first kappa shape index (κ1) is 14.4. The smallest absolute Gasteiger partial charge is 0.358 e. The van der Waals surface area contributed by atoms with Crippen LogP contribution < -0.4 is 5.73 Å². The van der Waals surface area contributed by atoms with Crippen LogP contribution in [-0.2, 0) is 6.54 Å². The molecule has 1 aliphatic heterocycles. The Balaban J connectivity index is 1.98. The van der Waals surface area contributed by atoms with Crippen molar-refractivity contribution in [1.82, 2.24) is 30.2 Å². The molecule has 0 radical (unpaired) electrons. The van der Waals surface area contributed by atoms with Crippen molar-refractivity contribution in [3.8, 4) is 5.82 Å². The lowest BCUT2D eigenvalue weighted by Crippen LogP contribution is -2.37. The maximum absolute atomic E-state index is 11.4. The molecule has 3 heterocycles. The molecule has 118 valence electrons. The third-order valence-corrected chi connectivity index (χ3v) is 3.96. The van der Waals surface area contributed by atoms with E-state index in [4.69, 9.17) is 5.73 Å². The molecular formula is C12H17N7O3. The lowest BCUT2D eigenvalue weighted by Gasteiger charge is -2.33. The molecule has 10 nitrogen and oxygen atoms in total. The number of hydrogen-bond acceptors (Lipinski definition) is 8. The molecule has 1 atom stereocenters. The zero-order valence-electron chi connectivity index (χ0n) is 12.1. The summed E-state index contributed by atoms with van der Waals surface area (Å²) in [5.74, 6) is -0.949. The van der Waals surface area contributed by atoms with Gasteiger partial charge in [0.2, 0.25) is 11.6 Å². The topological polar surface area (TPSA) is 136 Å². The summed E-state index contributed by atoms with van der Waals surface area (Å²) in [7, 11) is 0. The maximum Gasteiger partial charge on any atom is 0.358 e. The molecule has 3 N–H and O–H groups in total. The first-order valence-electron chi connectivity index (χ1n) is 7.08. The molecule has 1 saturated heterocycles. The van der Waals surface area contributed by atoms with Gasteiger partial charge < -0.3 is 10.8 Å². The average molecular weight is 307 g/mol. The van der Waals surface area contributed by atoms with Crippen LogP contribution in [0.1, 0.15) is 42.4 Å². The molecule has 3 rings (SSSR count). The SMILES string of the molecule is CC1CCCCN1Cc1c(C(=O)O)nnn1-c1nonc1N. The second-order valence-corrected chi connectivity index (χ2v) is 5.39. The van der Waals surface area contributed by atoms with E-state index in [0.29, 0.717) is 18.3 Å². The first-order chi connectivity index (χ1) is 10.6. The molecule has 1 fully saturated rings. The third kappa shape index (κ3) is 2.52. The van der Waals surface area contributed by atoms with Gasteiger partial charge in [0.1, 0.15) is 0 Å². The number of anilines is 1. The van der Waals surface area contributed by atoms with Gasteiger partial charge in [-0.05, 0) is 36.6 Å². The first-order valence-corrected chi connectivity index (χ1v) is 7.08. The molecule has 22 heavy (non-hydrogen) atoms. The van der Waals surface area contributed by atoms with Gasteiger partial charge in [0.15, 0.2) is 5.69 Å². The quantitative estimate of drug-likeness (QED) is 0.817. The maximum atomic E-state index is 11.4. The zero-order chi connectivity index (χ0) is 15.7. The van der Waals surface area contributed by atoms with Gasteiger partial charge >= 0.3 is 5.97 Å². The summed E-state index contributed by atoms with van der Waals surface area (Å²) in [5, 5.41) is 24.1. The van der Waals surface area contributed by atoms with Gasteiger partial charge in [0, 0.05) is 12.6 Å². The van der Waals surface area contributed by atoms with Crippen LogP contribution in [0.3, 0.4) is 0 Å². The minimum absolute atomic E-state index is 0.0368. The predicted octanol–water partition coefficient (Wildman–Crippen LogP) is 0.305. The minimum Gasteiger partial charge on any atom is -0.476 e. The number of nitrogens with zero attached hydrogens (tertiary/aromatic N) is 6. The summed E-state index contributed by atoms with van der Waals surface area (Å²) < 4.78 is 5.85. The normalized spacial score (nSPS) is 19.4. The average Bonchev–Trinajstić information content (AvgIpc) is 3.07. The highest BCUT2D eigenvalue weighted by Crippen LogP contribution is 2.22. The Morgan fingerprint density at radius 2 is 2.27 bits per heavy atom. The minimum atomic E-state index is -1.14. The van der Waals surface area contributed by atoms with Crippen molar-refractivity contribution in [2.45, 2.75) is 38.8 Å². The van der Waals surface area contributed by atoms with Crippen molar-refractivity contribution in [1.29, 1.82) is 0 Å². The Morgan fingerprint density at radius 1 is 1.45 bits per heavy atom. The fourth-order valence-electron chi connectivity index (χ4n) is 2.70. The molecule has 0 spiro atoms. The molecular weight excluding hydrogens is 290 g/mol. The number of aromatic carboxylic acids is 1. The lowest BCUT2D eigenvalue weighted by molar-refractivity contribution is 0.0685. The zero-order valence-corrected chi connectivity index (χ0v) is 12.1. The fraction of sp³-hybridized carbons (Fsp3) is 0.583. The van der Waals surface area contributed by atoms with Gasteiger partial charge in [-0.15, -0.1) is 5.10 Å². The van der Waals surface area contributed by atoms with E-state index in [9.17, 15) is 9.90 Å².